The molecule has 25 heavy (non-hydrogen) atoms. The number of hydrogen-bond donors (Lipinski definition) is 2. The highest BCUT2D eigenvalue weighted by molar-refractivity contribution is 5.93. The standard InChI is InChI=1S/C20H26N2O3/c1-14(2)24-18-9-5-7-16(11-18)21-13-20(23)22-17-8-6-10-19(12-17)25-15(3)4/h5-12,14-15,21H,13H2,1-4H3,(H,22,23). The van der Waals surface area contributed by atoms with Crippen LogP contribution in [0, 0.1) is 0 Å². The summed E-state index contributed by atoms with van der Waals surface area (Å²) in [5, 5.41) is 5.96. The smallest absolute Gasteiger partial charge is 0.243 e. The molecule has 0 bridgehead atoms. The van der Waals surface area contributed by atoms with Crippen molar-refractivity contribution >= 4 is 17.3 Å². The van der Waals surface area contributed by atoms with Gasteiger partial charge in [-0.05, 0) is 52.0 Å². The lowest BCUT2D eigenvalue weighted by Crippen LogP contribution is -2.21. The van der Waals surface area contributed by atoms with Crippen LogP contribution in [0.2, 0.25) is 0 Å². The topological polar surface area (TPSA) is 59.6 Å². The van der Waals surface area contributed by atoms with Crippen molar-refractivity contribution in [3.05, 3.63) is 48.5 Å². The van der Waals surface area contributed by atoms with Gasteiger partial charge in [-0.1, -0.05) is 12.1 Å². The van der Waals surface area contributed by atoms with Gasteiger partial charge in [0.25, 0.3) is 0 Å². The van der Waals surface area contributed by atoms with E-state index in [-0.39, 0.29) is 24.7 Å². The minimum atomic E-state index is -0.128. The first-order chi connectivity index (χ1) is 11.9. The molecule has 5 heteroatoms. The molecule has 1 amide bonds. The SMILES string of the molecule is CC(C)Oc1cccc(NCC(=O)Nc2cccc(OC(C)C)c2)c1. The molecular formula is C20H26N2O3. The Hall–Kier alpha value is -2.69. The number of carbonyl (C=O) groups is 1. The van der Waals surface area contributed by atoms with Crippen LogP contribution in [0.25, 0.3) is 0 Å². The monoisotopic (exact) mass is 342 g/mol. The number of anilines is 2. The largest absolute Gasteiger partial charge is 0.491 e. The van der Waals surface area contributed by atoms with Crippen LogP contribution in [-0.2, 0) is 4.79 Å². The molecule has 5 nitrogen and oxygen atoms in total. The molecular weight excluding hydrogens is 316 g/mol. The fourth-order valence-electron chi connectivity index (χ4n) is 2.26. The van der Waals surface area contributed by atoms with Crippen molar-refractivity contribution in [1.82, 2.24) is 0 Å². The van der Waals surface area contributed by atoms with E-state index >= 15 is 0 Å². The second-order valence-corrected chi connectivity index (χ2v) is 6.29. The summed E-state index contributed by atoms with van der Waals surface area (Å²) in [4.78, 5) is 12.1. The van der Waals surface area contributed by atoms with Gasteiger partial charge in [0.05, 0.1) is 18.8 Å². The van der Waals surface area contributed by atoms with E-state index in [0.717, 1.165) is 17.2 Å². The van der Waals surface area contributed by atoms with E-state index in [0.29, 0.717) is 5.69 Å². The van der Waals surface area contributed by atoms with Gasteiger partial charge in [-0.15, -0.1) is 0 Å². The van der Waals surface area contributed by atoms with E-state index in [4.69, 9.17) is 9.47 Å². The first-order valence-corrected chi connectivity index (χ1v) is 8.49. The third kappa shape index (κ3) is 6.75. The molecule has 0 aromatic heterocycles. The fraction of sp³-hybridized carbons (Fsp3) is 0.350. The summed E-state index contributed by atoms with van der Waals surface area (Å²) in [5.74, 6) is 1.38. The maximum atomic E-state index is 12.1. The number of ether oxygens (including phenoxy) is 2. The van der Waals surface area contributed by atoms with Crippen molar-refractivity contribution < 1.29 is 14.3 Å². The minimum absolute atomic E-state index is 0.0907. The van der Waals surface area contributed by atoms with Gasteiger partial charge in [-0.25, -0.2) is 0 Å². The van der Waals surface area contributed by atoms with Crippen molar-refractivity contribution in [3.63, 3.8) is 0 Å². The first kappa shape index (κ1) is 18.6. The molecule has 0 fully saturated rings. The second-order valence-electron chi connectivity index (χ2n) is 6.29. The third-order valence-electron chi connectivity index (χ3n) is 3.15. The fourth-order valence-corrected chi connectivity index (χ4v) is 2.26. The zero-order chi connectivity index (χ0) is 18.2. The van der Waals surface area contributed by atoms with Crippen LogP contribution in [-0.4, -0.2) is 24.7 Å². The molecule has 134 valence electrons. The summed E-state index contributed by atoms with van der Waals surface area (Å²) in [6, 6.07) is 14.9. The maximum absolute atomic E-state index is 12.1. The summed E-state index contributed by atoms with van der Waals surface area (Å²) in [6.45, 7) is 8.05. The third-order valence-corrected chi connectivity index (χ3v) is 3.15. The van der Waals surface area contributed by atoms with Gasteiger partial charge in [0.2, 0.25) is 5.91 Å². The van der Waals surface area contributed by atoms with Crippen molar-refractivity contribution in [3.8, 4) is 11.5 Å². The van der Waals surface area contributed by atoms with Gasteiger partial charge in [-0.3, -0.25) is 4.79 Å². The van der Waals surface area contributed by atoms with E-state index in [1.165, 1.54) is 0 Å². The Kier molecular flexibility index (Phi) is 6.69. The van der Waals surface area contributed by atoms with Gasteiger partial charge < -0.3 is 20.1 Å². The number of benzene rings is 2. The lowest BCUT2D eigenvalue weighted by molar-refractivity contribution is -0.114. The molecule has 0 radical (unpaired) electrons. The normalized spacial score (nSPS) is 10.6. The van der Waals surface area contributed by atoms with E-state index < -0.39 is 0 Å². The molecule has 0 aliphatic rings. The molecule has 0 saturated heterocycles. The molecule has 0 aliphatic carbocycles. The first-order valence-electron chi connectivity index (χ1n) is 8.49. The Bertz CT molecular complexity index is 699. The Labute approximate surface area is 149 Å². The van der Waals surface area contributed by atoms with E-state index in [9.17, 15) is 4.79 Å². The van der Waals surface area contributed by atoms with Gasteiger partial charge >= 0.3 is 0 Å². The van der Waals surface area contributed by atoms with Gasteiger partial charge in [0.1, 0.15) is 11.5 Å². The molecule has 2 aromatic rings. The van der Waals surface area contributed by atoms with Crippen LogP contribution in [0.1, 0.15) is 27.7 Å². The van der Waals surface area contributed by atoms with Crippen LogP contribution in [0.3, 0.4) is 0 Å². The summed E-state index contributed by atoms with van der Waals surface area (Å²) >= 11 is 0. The van der Waals surface area contributed by atoms with Crippen molar-refractivity contribution in [2.75, 3.05) is 17.2 Å². The van der Waals surface area contributed by atoms with Crippen molar-refractivity contribution in [1.29, 1.82) is 0 Å². The summed E-state index contributed by atoms with van der Waals surface area (Å²) < 4.78 is 11.3. The number of carbonyl (C=O) groups excluding carboxylic acids is 1. The van der Waals surface area contributed by atoms with Crippen LogP contribution >= 0.6 is 0 Å². The van der Waals surface area contributed by atoms with Crippen molar-refractivity contribution in [2.45, 2.75) is 39.9 Å². The molecule has 0 atom stereocenters. The highest BCUT2D eigenvalue weighted by Gasteiger charge is 2.05. The molecule has 2 N–H and O–H groups in total. The van der Waals surface area contributed by atoms with Crippen LogP contribution in [0.5, 0.6) is 11.5 Å². The Morgan fingerprint density at radius 1 is 0.880 bits per heavy atom. The summed E-state index contributed by atoms with van der Waals surface area (Å²) in [7, 11) is 0. The van der Waals surface area contributed by atoms with Gasteiger partial charge in [0.15, 0.2) is 0 Å². The Morgan fingerprint density at radius 2 is 1.40 bits per heavy atom. The minimum Gasteiger partial charge on any atom is -0.491 e. The molecule has 2 aromatic carbocycles. The molecule has 0 unspecified atom stereocenters. The zero-order valence-corrected chi connectivity index (χ0v) is 15.2. The van der Waals surface area contributed by atoms with Crippen LogP contribution in [0.15, 0.2) is 48.5 Å². The van der Waals surface area contributed by atoms with E-state index in [1.54, 1.807) is 0 Å². The molecule has 0 spiro atoms. The lowest BCUT2D eigenvalue weighted by atomic mass is 10.3. The lowest BCUT2D eigenvalue weighted by Gasteiger charge is -2.13. The second kappa shape index (κ2) is 8.97. The van der Waals surface area contributed by atoms with Gasteiger partial charge in [-0.2, -0.15) is 0 Å². The predicted molar refractivity (Wildman–Crippen MR) is 102 cm³/mol. The number of rotatable bonds is 8. The highest BCUT2D eigenvalue weighted by Crippen LogP contribution is 2.20. The summed E-state index contributed by atoms with van der Waals surface area (Å²) in [6.07, 6.45) is 0.201. The predicted octanol–water partition coefficient (Wildman–Crippen LogP) is 4.31. The number of amides is 1. The highest BCUT2D eigenvalue weighted by atomic mass is 16.5. The van der Waals surface area contributed by atoms with Crippen LogP contribution in [0.4, 0.5) is 11.4 Å². The summed E-state index contributed by atoms with van der Waals surface area (Å²) in [5.41, 5.74) is 1.55. The quantitative estimate of drug-likeness (QED) is 0.750. The van der Waals surface area contributed by atoms with Gasteiger partial charge in [0, 0.05) is 23.5 Å². The van der Waals surface area contributed by atoms with E-state index in [1.807, 2.05) is 76.2 Å². The van der Waals surface area contributed by atoms with Crippen molar-refractivity contribution in [2.24, 2.45) is 0 Å². The molecule has 2 rings (SSSR count). The average molecular weight is 342 g/mol. The maximum Gasteiger partial charge on any atom is 0.243 e. The number of hydrogen-bond acceptors (Lipinski definition) is 4. The Balaban J connectivity index is 1.88. The number of nitrogens with one attached hydrogen (secondary N) is 2. The Morgan fingerprint density at radius 3 is 1.96 bits per heavy atom. The zero-order valence-electron chi connectivity index (χ0n) is 15.2. The molecule has 0 saturated carbocycles. The molecule has 0 aliphatic heterocycles. The van der Waals surface area contributed by atoms with E-state index in [2.05, 4.69) is 10.6 Å². The average Bonchev–Trinajstić information content (AvgIpc) is 2.52. The molecule has 0 heterocycles. The van der Waals surface area contributed by atoms with Crippen LogP contribution < -0.4 is 20.1 Å².